The zero-order valence-corrected chi connectivity index (χ0v) is 17.0. The highest BCUT2D eigenvalue weighted by atomic mass is 31.2. The van der Waals surface area contributed by atoms with E-state index in [1.807, 2.05) is 0 Å². The first kappa shape index (κ1) is 28.5. The Morgan fingerprint density at radius 1 is 1.00 bits per heavy atom. The minimum Gasteiger partial charge on any atom is -0.756 e. The molecule has 0 amide bonds. The molecule has 0 aromatic rings. The predicted octanol–water partition coefficient (Wildman–Crippen LogP) is 3.73. The molecule has 0 aromatic carbocycles. The number of esters is 1. The van der Waals surface area contributed by atoms with Gasteiger partial charge in [0.25, 0.3) is 7.82 Å². The lowest BCUT2D eigenvalue weighted by molar-refractivity contribution is -0.225. The lowest BCUT2D eigenvalue weighted by Crippen LogP contribution is -2.37. The maximum absolute atomic E-state index is 11.3. The molecule has 0 radical (unpaired) electrons. The van der Waals surface area contributed by atoms with E-state index in [4.69, 9.17) is 14.2 Å². The minimum atomic E-state index is -4.94. The molecule has 0 aliphatic heterocycles. The molecule has 0 aliphatic rings. The summed E-state index contributed by atoms with van der Waals surface area (Å²) in [6.07, 6.45) is 0.0873. The molecular weight excluding hydrogens is 392 g/mol. The van der Waals surface area contributed by atoms with Crippen molar-refractivity contribution in [1.29, 1.82) is 0 Å². The van der Waals surface area contributed by atoms with E-state index in [1.165, 1.54) is 0 Å². The third kappa shape index (κ3) is 18.5. The molecule has 164 valence electrons. The first-order valence-electron chi connectivity index (χ1n) is 8.94. The van der Waals surface area contributed by atoms with Gasteiger partial charge in [0, 0.05) is 0 Å². The molecule has 1 atom stereocenters. The molecule has 0 saturated carbocycles. The first-order valence-corrected chi connectivity index (χ1v) is 10.4. The van der Waals surface area contributed by atoms with Crippen molar-refractivity contribution >= 4 is 13.8 Å². The summed E-state index contributed by atoms with van der Waals surface area (Å²) in [6, 6.07) is 0. The Labute approximate surface area is 158 Å². The molecule has 0 heterocycles. The van der Waals surface area contributed by atoms with E-state index in [2.05, 4.69) is 18.6 Å². The molecule has 27 heavy (non-hydrogen) atoms. The van der Waals surface area contributed by atoms with E-state index in [9.17, 15) is 27.4 Å². The Bertz CT molecular complexity index is 401. The number of aliphatic hydroxyl groups excluding tert-OH is 1. The number of rotatable bonds is 13. The zero-order chi connectivity index (χ0) is 21.3. The number of methoxy groups -OCH3 is 1. The van der Waals surface area contributed by atoms with Crippen molar-refractivity contribution in [2.24, 2.45) is 0 Å². The Kier molecular flexibility index (Phi) is 17.2. The average molecular weight is 423 g/mol. The molecule has 0 rings (SSSR count). The number of phosphoric ester groups is 1. The van der Waals surface area contributed by atoms with Crippen LogP contribution < -0.4 is 4.89 Å². The number of hydrogen-bond donors (Lipinski definition) is 1. The number of carbonyl (C=O) groups is 1. The standard InChI is InChI=1S/C12H27O4P.C4H5F3O3/c1-3-5-7-9-11-15-17(13,14)16-12-10-8-6-4-2;1-10-3(9)2(8)4(5,6)7/h3-12H2,1-2H3,(H,13,14);2,8H,1H3/p-1. The van der Waals surface area contributed by atoms with Gasteiger partial charge in [-0.1, -0.05) is 52.4 Å². The predicted molar refractivity (Wildman–Crippen MR) is 91.9 cm³/mol. The summed E-state index contributed by atoms with van der Waals surface area (Å²) in [5.41, 5.74) is 0. The van der Waals surface area contributed by atoms with Crippen molar-refractivity contribution in [2.45, 2.75) is 77.5 Å². The Balaban J connectivity index is 0. The highest BCUT2D eigenvalue weighted by Gasteiger charge is 2.44. The summed E-state index contributed by atoms with van der Waals surface area (Å²) in [5.74, 6) is -1.70. The van der Waals surface area contributed by atoms with Crippen LogP contribution in [0.2, 0.25) is 0 Å². The van der Waals surface area contributed by atoms with Crippen LogP contribution in [0.15, 0.2) is 0 Å². The second-order valence-corrected chi connectivity index (χ2v) is 7.11. The molecular formula is C16H31F3O7P-. The lowest BCUT2D eigenvalue weighted by atomic mass is 10.2. The molecule has 7 nitrogen and oxygen atoms in total. The van der Waals surface area contributed by atoms with Gasteiger partial charge in [-0.05, 0) is 12.8 Å². The summed E-state index contributed by atoms with van der Waals surface area (Å²) in [4.78, 5) is 21.2. The van der Waals surface area contributed by atoms with Crippen LogP contribution in [-0.4, -0.2) is 43.7 Å². The van der Waals surface area contributed by atoms with Crippen LogP contribution in [0.3, 0.4) is 0 Å². The van der Waals surface area contributed by atoms with Crippen LogP contribution in [0.4, 0.5) is 13.2 Å². The number of phosphoric acid groups is 1. The van der Waals surface area contributed by atoms with Crippen molar-refractivity contribution in [2.75, 3.05) is 20.3 Å². The highest BCUT2D eigenvalue weighted by Crippen LogP contribution is 2.38. The van der Waals surface area contributed by atoms with Crippen molar-refractivity contribution in [3.63, 3.8) is 0 Å². The van der Waals surface area contributed by atoms with Gasteiger partial charge in [-0.15, -0.1) is 0 Å². The number of unbranched alkanes of at least 4 members (excludes halogenated alkanes) is 6. The van der Waals surface area contributed by atoms with Gasteiger partial charge in [0.2, 0.25) is 6.10 Å². The Hall–Kier alpha value is -0.670. The summed E-state index contributed by atoms with van der Waals surface area (Å²) in [7, 11) is -3.28. The quantitative estimate of drug-likeness (QED) is 0.273. The topological polar surface area (TPSA) is 105 Å². The second-order valence-electron chi connectivity index (χ2n) is 5.70. The fraction of sp³-hybridized carbons (Fsp3) is 0.938. The first-order chi connectivity index (χ1) is 12.5. The van der Waals surface area contributed by atoms with E-state index in [1.54, 1.807) is 0 Å². The van der Waals surface area contributed by atoms with E-state index >= 15 is 0 Å². The molecule has 0 aliphatic carbocycles. The van der Waals surface area contributed by atoms with Crippen molar-refractivity contribution in [3.05, 3.63) is 0 Å². The van der Waals surface area contributed by atoms with Crippen LogP contribution in [0.5, 0.6) is 0 Å². The SMILES string of the molecule is CCCCCCOP(=O)([O-])OCCCCCC.COC(=O)C(O)C(F)(F)F. The Morgan fingerprint density at radius 2 is 1.41 bits per heavy atom. The molecule has 0 aromatic heterocycles. The van der Waals surface area contributed by atoms with Gasteiger partial charge in [0.05, 0.1) is 20.3 Å². The number of carbonyl (C=O) groups excluding carboxylic acids is 1. The number of halogens is 3. The zero-order valence-electron chi connectivity index (χ0n) is 16.1. The molecule has 1 unspecified atom stereocenters. The number of alkyl halides is 3. The van der Waals surface area contributed by atoms with Crippen molar-refractivity contribution in [1.82, 2.24) is 0 Å². The van der Waals surface area contributed by atoms with Crippen LogP contribution in [-0.2, 0) is 23.1 Å². The third-order valence-electron chi connectivity index (χ3n) is 3.23. The average Bonchev–Trinajstić information content (AvgIpc) is 2.59. The largest absolute Gasteiger partial charge is 0.756 e. The normalized spacial score (nSPS) is 12.9. The van der Waals surface area contributed by atoms with E-state index < -0.39 is 26.1 Å². The van der Waals surface area contributed by atoms with Crippen molar-refractivity contribution in [3.8, 4) is 0 Å². The van der Waals surface area contributed by atoms with Gasteiger partial charge in [-0.2, -0.15) is 13.2 Å². The maximum atomic E-state index is 11.3. The summed E-state index contributed by atoms with van der Waals surface area (Å²) < 4.78 is 58.4. The van der Waals surface area contributed by atoms with E-state index in [0.29, 0.717) is 0 Å². The fourth-order valence-electron chi connectivity index (χ4n) is 1.69. The molecule has 0 fully saturated rings. The van der Waals surface area contributed by atoms with Gasteiger partial charge in [0.1, 0.15) is 0 Å². The van der Waals surface area contributed by atoms with Gasteiger partial charge in [-0.25, -0.2) is 4.79 Å². The third-order valence-corrected chi connectivity index (χ3v) is 4.23. The highest BCUT2D eigenvalue weighted by molar-refractivity contribution is 7.45. The van der Waals surface area contributed by atoms with Crippen molar-refractivity contribution < 1.29 is 46.3 Å². The van der Waals surface area contributed by atoms with Gasteiger partial charge < -0.3 is 23.8 Å². The maximum Gasteiger partial charge on any atom is 0.425 e. The minimum absolute atomic E-state index is 0.246. The van der Waals surface area contributed by atoms with Crippen LogP contribution in [0.1, 0.15) is 65.2 Å². The summed E-state index contributed by atoms with van der Waals surface area (Å²) >= 11 is 0. The van der Waals surface area contributed by atoms with E-state index in [0.717, 1.165) is 58.5 Å². The number of hydrogen-bond acceptors (Lipinski definition) is 7. The molecule has 0 spiro atoms. The fourth-order valence-corrected chi connectivity index (χ4v) is 2.47. The summed E-state index contributed by atoms with van der Waals surface area (Å²) in [5, 5.41) is 8.05. The molecule has 11 heteroatoms. The molecule has 0 saturated heterocycles. The molecule has 0 bridgehead atoms. The van der Waals surface area contributed by atoms with Crippen LogP contribution in [0, 0.1) is 0 Å². The van der Waals surface area contributed by atoms with Gasteiger partial charge in [0.15, 0.2) is 0 Å². The van der Waals surface area contributed by atoms with Crippen LogP contribution in [0.25, 0.3) is 0 Å². The lowest BCUT2D eigenvalue weighted by Gasteiger charge is -2.22. The number of aliphatic hydroxyl groups is 1. The van der Waals surface area contributed by atoms with Crippen LogP contribution >= 0.6 is 7.82 Å². The smallest absolute Gasteiger partial charge is 0.425 e. The van der Waals surface area contributed by atoms with Gasteiger partial charge in [-0.3, -0.25) is 4.57 Å². The van der Waals surface area contributed by atoms with E-state index in [-0.39, 0.29) is 13.2 Å². The molecule has 1 N–H and O–H groups in total. The monoisotopic (exact) mass is 423 g/mol. The summed E-state index contributed by atoms with van der Waals surface area (Å²) in [6.45, 7) is 4.71. The Morgan fingerprint density at radius 3 is 1.67 bits per heavy atom. The van der Waals surface area contributed by atoms with Gasteiger partial charge >= 0.3 is 12.1 Å². The number of ether oxygens (including phenoxy) is 1. The second kappa shape index (κ2) is 16.3.